The van der Waals surface area contributed by atoms with E-state index in [-0.39, 0.29) is 11.9 Å². The number of likely N-dealkylation sites (N-methyl/N-ethyl adjacent to an activating group) is 1. The van der Waals surface area contributed by atoms with E-state index in [0.717, 1.165) is 12.1 Å². The lowest BCUT2D eigenvalue weighted by Crippen LogP contribution is -2.28. The number of rotatable bonds is 8. The van der Waals surface area contributed by atoms with E-state index in [1.54, 1.807) is 6.07 Å². The van der Waals surface area contributed by atoms with Crippen molar-refractivity contribution in [1.29, 1.82) is 0 Å². The van der Waals surface area contributed by atoms with Gasteiger partial charge in [0.1, 0.15) is 5.82 Å². The zero-order chi connectivity index (χ0) is 14.3. The Bertz CT molecular complexity index is 384. The molecule has 0 aliphatic heterocycles. The fraction of sp³-hybridized carbons (Fsp3) is 0.600. The molecule has 108 valence electrons. The van der Waals surface area contributed by atoms with Crippen LogP contribution in [0.15, 0.2) is 18.2 Å². The Morgan fingerprint density at radius 1 is 1.37 bits per heavy atom. The highest BCUT2D eigenvalue weighted by atomic mass is 19.1. The average molecular weight is 268 g/mol. The third-order valence-electron chi connectivity index (χ3n) is 3.34. The number of anilines is 1. The van der Waals surface area contributed by atoms with Crippen LogP contribution in [-0.4, -0.2) is 33.4 Å². The molecule has 19 heavy (non-hydrogen) atoms. The number of hydrogen-bond acceptors (Lipinski definition) is 3. The molecule has 1 aromatic carbocycles. The summed E-state index contributed by atoms with van der Waals surface area (Å²) in [4.78, 5) is 2.00. The Morgan fingerprint density at radius 3 is 2.63 bits per heavy atom. The number of hydrogen-bond donors (Lipinski definition) is 1. The Balaban J connectivity index is 2.81. The molecule has 0 saturated carbocycles. The molecule has 0 heterocycles. The maximum Gasteiger partial charge on any atom is 0.146 e. The van der Waals surface area contributed by atoms with Crippen molar-refractivity contribution in [3.8, 4) is 0 Å². The standard InChI is InChI=1S/C15H25FN2O/c1-5-18(9-10-19-6-2)15-8-7-13(11-14(15)16)12(3)17-4/h7-8,11-12,17H,5-6,9-10H2,1-4H3. The molecule has 4 heteroatoms. The number of benzene rings is 1. The maximum absolute atomic E-state index is 14.2. The van der Waals surface area contributed by atoms with Crippen molar-refractivity contribution in [3.63, 3.8) is 0 Å². The molecule has 0 spiro atoms. The molecule has 0 saturated heterocycles. The van der Waals surface area contributed by atoms with Crippen LogP contribution < -0.4 is 10.2 Å². The van der Waals surface area contributed by atoms with Gasteiger partial charge in [-0.25, -0.2) is 4.39 Å². The van der Waals surface area contributed by atoms with E-state index in [1.165, 1.54) is 0 Å². The number of nitrogens with one attached hydrogen (secondary N) is 1. The van der Waals surface area contributed by atoms with E-state index in [1.807, 2.05) is 44.9 Å². The van der Waals surface area contributed by atoms with Gasteiger partial charge in [0, 0.05) is 25.7 Å². The van der Waals surface area contributed by atoms with E-state index < -0.39 is 0 Å². The fourth-order valence-electron chi connectivity index (χ4n) is 1.98. The lowest BCUT2D eigenvalue weighted by atomic mass is 10.1. The van der Waals surface area contributed by atoms with Crippen LogP contribution in [0.4, 0.5) is 10.1 Å². The van der Waals surface area contributed by atoms with Gasteiger partial charge >= 0.3 is 0 Å². The summed E-state index contributed by atoms with van der Waals surface area (Å²) in [6.07, 6.45) is 0. The third-order valence-corrected chi connectivity index (χ3v) is 3.34. The molecule has 1 rings (SSSR count). The Hall–Kier alpha value is -1.13. The number of ether oxygens (including phenoxy) is 1. The normalized spacial score (nSPS) is 12.5. The van der Waals surface area contributed by atoms with E-state index in [9.17, 15) is 4.39 Å². The molecule has 1 N–H and O–H groups in total. The highest BCUT2D eigenvalue weighted by Gasteiger charge is 2.12. The van der Waals surface area contributed by atoms with E-state index >= 15 is 0 Å². The minimum absolute atomic E-state index is 0.155. The summed E-state index contributed by atoms with van der Waals surface area (Å²) in [5, 5.41) is 3.11. The summed E-state index contributed by atoms with van der Waals surface area (Å²) in [5.41, 5.74) is 1.61. The number of nitrogens with zero attached hydrogens (tertiary/aromatic N) is 1. The third kappa shape index (κ3) is 4.48. The first-order chi connectivity index (χ1) is 9.13. The molecular weight excluding hydrogens is 243 g/mol. The van der Waals surface area contributed by atoms with Gasteiger partial charge in [-0.3, -0.25) is 0 Å². The van der Waals surface area contributed by atoms with Gasteiger partial charge in [0.2, 0.25) is 0 Å². The van der Waals surface area contributed by atoms with Crippen molar-refractivity contribution in [2.45, 2.75) is 26.8 Å². The van der Waals surface area contributed by atoms with Crippen molar-refractivity contribution in [1.82, 2.24) is 5.32 Å². The lowest BCUT2D eigenvalue weighted by Gasteiger charge is -2.24. The minimum Gasteiger partial charge on any atom is -0.380 e. The van der Waals surface area contributed by atoms with Gasteiger partial charge in [0.25, 0.3) is 0 Å². The first-order valence-corrected chi connectivity index (χ1v) is 6.93. The van der Waals surface area contributed by atoms with Crippen LogP contribution in [0, 0.1) is 5.82 Å². The van der Waals surface area contributed by atoms with Gasteiger partial charge in [-0.1, -0.05) is 6.07 Å². The molecule has 0 aromatic heterocycles. The monoisotopic (exact) mass is 268 g/mol. The van der Waals surface area contributed by atoms with Crippen molar-refractivity contribution < 1.29 is 9.13 Å². The summed E-state index contributed by atoms with van der Waals surface area (Å²) in [6, 6.07) is 5.60. The van der Waals surface area contributed by atoms with E-state index in [0.29, 0.717) is 25.4 Å². The van der Waals surface area contributed by atoms with Crippen molar-refractivity contribution >= 4 is 5.69 Å². The Kier molecular flexibility index (Phi) is 6.81. The van der Waals surface area contributed by atoms with Gasteiger partial charge in [-0.05, 0) is 45.5 Å². The predicted molar refractivity (Wildman–Crippen MR) is 78.3 cm³/mol. The van der Waals surface area contributed by atoms with E-state index in [2.05, 4.69) is 5.32 Å². The largest absolute Gasteiger partial charge is 0.380 e. The molecule has 0 bridgehead atoms. The first kappa shape index (κ1) is 15.9. The predicted octanol–water partition coefficient (Wildman–Crippen LogP) is 2.97. The summed E-state index contributed by atoms with van der Waals surface area (Å²) >= 11 is 0. The molecule has 0 radical (unpaired) electrons. The topological polar surface area (TPSA) is 24.5 Å². The zero-order valence-electron chi connectivity index (χ0n) is 12.4. The lowest BCUT2D eigenvalue weighted by molar-refractivity contribution is 0.154. The van der Waals surface area contributed by atoms with Gasteiger partial charge in [0.15, 0.2) is 0 Å². The first-order valence-electron chi connectivity index (χ1n) is 6.93. The molecule has 0 aliphatic carbocycles. The smallest absolute Gasteiger partial charge is 0.146 e. The van der Waals surface area contributed by atoms with Crippen LogP contribution in [0.1, 0.15) is 32.4 Å². The van der Waals surface area contributed by atoms with Crippen LogP contribution in [0.25, 0.3) is 0 Å². The number of halogens is 1. The van der Waals surface area contributed by atoms with E-state index in [4.69, 9.17) is 4.74 Å². The zero-order valence-corrected chi connectivity index (χ0v) is 12.4. The Morgan fingerprint density at radius 2 is 2.11 bits per heavy atom. The van der Waals surface area contributed by atoms with Gasteiger partial charge < -0.3 is 15.0 Å². The average Bonchev–Trinajstić information content (AvgIpc) is 2.43. The summed E-state index contributed by atoms with van der Waals surface area (Å²) in [6.45, 7) is 8.80. The second kappa shape index (κ2) is 8.12. The maximum atomic E-state index is 14.2. The SMILES string of the molecule is CCOCCN(CC)c1ccc(C(C)NC)cc1F. The van der Waals surface area contributed by atoms with Crippen molar-refractivity contribution in [2.75, 3.05) is 38.3 Å². The van der Waals surface area contributed by atoms with Crippen LogP contribution in [-0.2, 0) is 4.74 Å². The van der Waals surface area contributed by atoms with Gasteiger partial charge in [0.05, 0.1) is 12.3 Å². The van der Waals surface area contributed by atoms with Crippen LogP contribution in [0.5, 0.6) is 0 Å². The quantitative estimate of drug-likeness (QED) is 0.734. The Labute approximate surface area is 115 Å². The summed E-state index contributed by atoms with van der Waals surface area (Å²) in [5.74, 6) is -0.169. The molecule has 0 fully saturated rings. The molecule has 1 unspecified atom stereocenters. The van der Waals surface area contributed by atoms with Gasteiger partial charge in [-0.2, -0.15) is 0 Å². The molecule has 1 aromatic rings. The van der Waals surface area contributed by atoms with Crippen LogP contribution in [0.2, 0.25) is 0 Å². The highest BCUT2D eigenvalue weighted by Crippen LogP contribution is 2.23. The summed E-state index contributed by atoms with van der Waals surface area (Å²) in [7, 11) is 1.87. The van der Waals surface area contributed by atoms with Crippen LogP contribution >= 0.6 is 0 Å². The van der Waals surface area contributed by atoms with Crippen molar-refractivity contribution in [3.05, 3.63) is 29.6 Å². The second-order valence-corrected chi connectivity index (χ2v) is 4.50. The van der Waals surface area contributed by atoms with Crippen molar-refractivity contribution in [2.24, 2.45) is 0 Å². The van der Waals surface area contributed by atoms with Gasteiger partial charge in [-0.15, -0.1) is 0 Å². The summed E-state index contributed by atoms with van der Waals surface area (Å²) < 4.78 is 19.5. The minimum atomic E-state index is -0.169. The molecule has 0 aliphatic rings. The molecule has 0 amide bonds. The molecular formula is C15H25FN2O. The van der Waals surface area contributed by atoms with Crippen LogP contribution in [0.3, 0.4) is 0 Å². The highest BCUT2D eigenvalue weighted by molar-refractivity contribution is 5.49. The fourth-order valence-corrected chi connectivity index (χ4v) is 1.98. The second-order valence-electron chi connectivity index (χ2n) is 4.50. The molecule has 3 nitrogen and oxygen atoms in total. The molecule has 1 atom stereocenters.